The van der Waals surface area contributed by atoms with Crippen LogP contribution in [0, 0.1) is 5.92 Å². The molecule has 0 fully saturated rings. The van der Waals surface area contributed by atoms with Crippen LogP contribution in [0.3, 0.4) is 0 Å². The molecule has 0 bridgehead atoms. The fourth-order valence-electron chi connectivity index (χ4n) is 1.47. The maximum atomic E-state index is 12.1. The van der Waals surface area contributed by atoms with Gasteiger partial charge in [0, 0.05) is 12.6 Å². The Hall–Kier alpha value is -0.130. The van der Waals surface area contributed by atoms with Crippen molar-refractivity contribution in [3.8, 4) is 0 Å². The molecule has 4 nitrogen and oxygen atoms in total. The normalized spacial score (nSPS) is 13.0. The van der Waals surface area contributed by atoms with Gasteiger partial charge in [0.15, 0.2) is 0 Å². The summed E-state index contributed by atoms with van der Waals surface area (Å²) in [6.07, 6.45) is 1.44. The Kier molecular flexibility index (Phi) is 7.19. The Morgan fingerprint density at radius 1 is 1.19 bits per heavy atom. The van der Waals surface area contributed by atoms with E-state index in [0.717, 1.165) is 6.42 Å². The summed E-state index contributed by atoms with van der Waals surface area (Å²) in [5.74, 6) is 0.659. The first kappa shape index (κ1) is 15.9. The van der Waals surface area contributed by atoms with E-state index in [1.54, 1.807) is 4.31 Å². The standard InChI is InChI=1S/C11H26N2O2S/c1-10(2)6-9-16(14,15)13(11(3)4)8-5-7-12/h10-11H,5-9,12H2,1-4H3. The number of sulfonamides is 1. The van der Waals surface area contributed by atoms with Gasteiger partial charge >= 0.3 is 0 Å². The largest absolute Gasteiger partial charge is 0.330 e. The van der Waals surface area contributed by atoms with E-state index >= 15 is 0 Å². The van der Waals surface area contributed by atoms with Crippen LogP contribution in [0.4, 0.5) is 0 Å². The highest BCUT2D eigenvalue weighted by Crippen LogP contribution is 2.12. The van der Waals surface area contributed by atoms with Crippen molar-refractivity contribution in [2.24, 2.45) is 11.7 Å². The molecule has 0 aliphatic heterocycles. The molecule has 0 amide bonds. The van der Waals surface area contributed by atoms with Gasteiger partial charge < -0.3 is 5.73 Å². The maximum Gasteiger partial charge on any atom is 0.214 e. The Morgan fingerprint density at radius 3 is 2.12 bits per heavy atom. The number of hydrogen-bond donors (Lipinski definition) is 1. The second kappa shape index (κ2) is 7.25. The van der Waals surface area contributed by atoms with Crippen LogP contribution in [-0.2, 0) is 10.0 Å². The van der Waals surface area contributed by atoms with E-state index in [1.165, 1.54) is 0 Å². The molecular formula is C11H26N2O2S. The molecule has 0 rings (SSSR count). The van der Waals surface area contributed by atoms with Crippen molar-refractivity contribution in [1.82, 2.24) is 4.31 Å². The summed E-state index contributed by atoms with van der Waals surface area (Å²) >= 11 is 0. The lowest BCUT2D eigenvalue weighted by Crippen LogP contribution is -2.40. The predicted molar refractivity (Wildman–Crippen MR) is 68.8 cm³/mol. The fraction of sp³-hybridized carbons (Fsp3) is 1.00. The average Bonchev–Trinajstić information content (AvgIpc) is 2.14. The molecule has 0 aromatic heterocycles. The zero-order valence-corrected chi connectivity index (χ0v) is 11.8. The van der Waals surface area contributed by atoms with E-state index in [9.17, 15) is 8.42 Å². The molecule has 98 valence electrons. The van der Waals surface area contributed by atoms with Crippen molar-refractivity contribution in [1.29, 1.82) is 0 Å². The van der Waals surface area contributed by atoms with E-state index in [-0.39, 0.29) is 11.8 Å². The Morgan fingerprint density at radius 2 is 1.75 bits per heavy atom. The van der Waals surface area contributed by atoms with Crippen molar-refractivity contribution in [3.05, 3.63) is 0 Å². The molecule has 0 aromatic carbocycles. The van der Waals surface area contributed by atoms with Crippen LogP contribution in [0.2, 0.25) is 0 Å². The highest BCUT2D eigenvalue weighted by atomic mass is 32.2. The van der Waals surface area contributed by atoms with Crippen LogP contribution >= 0.6 is 0 Å². The molecule has 0 aliphatic rings. The maximum absolute atomic E-state index is 12.1. The number of rotatable bonds is 8. The zero-order chi connectivity index (χ0) is 12.8. The minimum absolute atomic E-state index is 0.0173. The second-order valence-electron chi connectivity index (χ2n) is 4.85. The third-order valence-corrected chi connectivity index (χ3v) is 4.54. The lowest BCUT2D eigenvalue weighted by atomic mass is 10.2. The van der Waals surface area contributed by atoms with E-state index in [4.69, 9.17) is 5.73 Å². The third kappa shape index (κ3) is 5.82. The van der Waals surface area contributed by atoms with Crippen molar-refractivity contribution in [3.63, 3.8) is 0 Å². The van der Waals surface area contributed by atoms with E-state index in [1.807, 2.05) is 27.7 Å². The molecule has 5 heteroatoms. The average molecular weight is 250 g/mol. The van der Waals surface area contributed by atoms with Gasteiger partial charge in [0.1, 0.15) is 0 Å². The monoisotopic (exact) mass is 250 g/mol. The molecule has 16 heavy (non-hydrogen) atoms. The molecule has 0 spiro atoms. The van der Waals surface area contributed by atoms with Crippen LogP contribution in [0.25, 0.3) is 0 Å². The van der Waals surface area contributed by atoms with Gasteiger partial charge in [-0.15, -0.1) is 0 Å². The van der Waals surface area contributed by atoms with Crippen LogP contribution in [0.15, 0.2) is 0 Å². The van der Waals surface area contributed by atoms with E-state index in [2.05, 4.69) is 0 Å². The topological polar surface area (TPSA) is 63.4 Å². The lowest BCUT2D eigenvalue weighted by Gasteiger charge is -2.26. The first-order valence-electron chi connectivity index (χ1n) is 6.00. The lowest BCUT2D eigenvalue weighted by molar-refractivity contribution is 0.349. The highest BCUT2D eigenvalue weighted by molar-refractivity contribution is 7.89. The van der Waals surface area contributed by atoms with Gasteiger partial charge in [-0.2, -0.15) is 4.31 Å². The van der Waals surface area contributed by atoms with Gasteiger partial charge in [-0.3, -0.25) is 0 Å². The highest BCUT2D eigenvalue weighted by Gasteiger charge is 2.23. The smallest absolute Gasteiger partial charge is 0.214 e. The molecular weight excluding hydrogens is 224 g/mol. The summed E-state index contributed by atoms with van der Waals surface area (Å²) in [4.78, 5) is 0. The van der Waals surface area contributed by atoms with Gasteiger partial charge in [0.2, 0.25) is 10.0 Å². The van der Waals surface area contributed by atoms with Gasteiger partial charge in [0.05, 0.1) is 5.75 Å². The van der Waals surface area contributed by atoms with Gasteiger partial charge in [0.25, 0.3) is 0 Å². The predicted octanol–water partition coefficient (Wildman–Crippen LogP) is 1.42. The quantitative estimate of drug-likeness (QED) is 0.708. The van der Waals surface area contributed by atoms with Crippen molar-refractivity contribution in [2.45, 2.75) is 46.6 Å². The number of nitrogens with zero attached hydrogens (tertiary/aromatic N) is 1. The van der Waals surface area contributed by atoms with Gasteiger partial charge in [-0.05, 0) is 39.2 Å². The molecule has 0 saturated heterocycles. The second-order valence-corrected chi connectivity index (χ2v) is 6.89. The molecule has 0 heterocycles. The van der Waals surface area contributed by atoms with Crippen LogP contribution in [0.1, 0.15) is 40.5 Å². The SMILES string of the molecule is CC(C)CCS(=O)(=O)N(CCCN)C(C)C. The zero-order valence-electron chi connectivity index (χ0n) is 10.9. The van der Waals surface area contributed by atoms with Crippen molar-refractivity contribution in [2.75, 3.05) is 18.8 Å². The number of nitrogens with two attached hydrogens (primary N) is 1. The first-order chi connectivity index (χ1) is 7.31. The van der Waals surface area contributed by atoms with Crippen LogP contribution < -0.4 is 5.73 Å². The summed E-state index contributed by atoms with van der Waals surface area (Å²) < 4.78 is 25.7. The first-order valence-corrected chi connectivity index (χ1v) is 7.61. The Labute approximate surface area is 100 Å². The van der Waals surface area contributed by atoms with Crippen molar-refractivity contribution >= 4 is 10.0 Å². The molecule has 0 aliphatic carbocycles. The van der Waals surface area contributed by atoms with E-state index in [0.29, 0.717) is 25.4 Å². The minimum Gasteiger partial charge on any atom is -0.330 e. The summed E-state index contributed by atoms with van der Waals surface area (Å²) in [5.41, 5.74) is 5.42. The van der Waals surface area contributed by atoms with Crippen molar-refractivity contribution < 1.29 is 8.42 Å². The van der Waals surface area contributed by atoms with Crippen LogP contribution in [0.5, 0.6) is 0 Å². The minimum atomic E-state index is -3.11. The summed E-state index contributed by atoms with van der Waals surface area (Å²) in [6, 6.07) is 0.0173. The summed E-state index contributed by atoms with van der Waals surface area (Å²) in [7, 11) is -3.11. The molecule has 0 atom stereocenters. The van der Waals surface area contributed by atoms with Gasteiger partial charge in [-0.25, -0.2) is 8.42 Å². The summed E-state index contributed by atoms with van der Waals surface area (Å²) in [6.45, 7) is 8.95. The van der Waals surface area contributed by atoms with Gasteiger partial charge in [-0.1, -0.05) is 13.8 Å². The molecule has 0 aromatic rings. The molecule has 0 unspecified atom stereocenters. The van der Waals surface area contributed by atoms with E-state index < -0.39 is 10.0 Å². The molecule has 0 saturated carbocycles. The molecule has 0 radical (unpaired) electrons. The Balaban J connectivity index is 4.50. The third-order valence-electron chi connectivity index (χ3n) is 2.47. The fourth-order valence-corrected chi connectivity index (χ4v) is 3.52. The van der Waals surface area contributed by atoms with Crippen LogP contribution in [-0.4, -0.2) is 37.6 Å². The molecule has 2 N–H and O–H groups in total. The number of hydrogen-bond acceptors (Lipinski definition) is 3. The Bertz CT molecular complexity index is 274. The summed E-state index contributed by atoms with van der Waals surface area (Å²) in [5, 5.41) is 0.